The van der Waals surface area contributed by atoms with Gasteiger partial charge >= 0.3 is 0 Å². The third-order valence-electron chi connectivity index (χ3n) is 4.19. The fourth-order valence-corrected chi connectivity index (χ4v) is 3.79. The van der Waals surface area contributed by atoms with E-state index in [1.165, 1.54) is 25.7 Å². The van der Waals surface area contributed by atoms with E-state index in [1.807, 2.05) is 13.8 Å². The van der Waals surface area contributed by atoms with Gasteiger partial charge in [-0.05, 0) is 55.8 Å². The van der Waals surface area contributed by atoms with Crippen LogP contribution in [0.25, 0.3) is 0 Å². The van der Waals surface area contributed by atoms with Gasteiger partial charge in [0.2, 0.25) is 0 Å². The van der Waals surface area contributed by atoms with Gasteiger partial charge in [0, 0.05) is 0 Å². The summed E-state index contributed by atoms with van der Waals surface area (Å²) in [6.07, 6.45) is 7.52. The van der Waals surface area contributed by atoms with E-state index in [0.29, 0.717) is 0 Å². The smallest absolute Gasteiger partial charge is 0.0198 e. The summed E-state index contributed by atoms with van der Waals surface area (Å²) >= 11 is 0. The van der Waals surface area contributed by atoms with Crippen LogP contribution in [0.15, 0.2) is 12.2 Å². The molecule has 0 unspecified atom stereocenters. The highest BCUT2D eigenvalue weighted by molar-refractivity contribution is 5.16. The van der Waals surface area contributed by atoms with Gasteiger partial charge in [-0.25, -0.2) is 0 Å². The maximum Gasteiger partial charge on any atom is -0.0198 e. The monoisotopic (exact) mass is 178 g/mol. The molecule has 0 aliphatic heterocycles. The summed E-state index contributed by atoms with van der Waals surface area (Å²) in [5.41, 5.74) is 1.62. The molecule has 0 amide bonds. The van der Waals surface area contributed by atoms with Crippen molar-refractivity contribution in [3.8, 4) is 0 Å². The Hall–Kier alpha value is -0.260. The predicted molar refractivity (Wildman–Crippen MR) is 57.5 cm³/mol. The molecule has 0 heteroatoms. The molecular weight excluding hydrogens is 156 g/mol. The Bertz CT molecular complexity index is 172. The van der Waals surface area contributed by atoms with Crippen LogP contribution in [-0.2, 0) is 0 Å². The van der Waals surface area contributed by atoms with Crippen molar-refractivity contribution in [3.05, 3.63) is 12.2 Å². The highest BCUT2D eigenvalue weighted by atomic mass is 14.5. The topological polar surface area (TPSA) is 0 Å². The van der Waals surface area contributed by atoms with Gasteiger partial charge in [0.15, 0.2) is 0 Å². The summed E-state index contributed by atoms with van der Waals surface area (Å²) in [4.78, 5) is 0. The van der Waals surface area contributed by atoms with Crippen LogP contribution in [0.4, 0.5) is 0 Å². The van der Waals surface area contributed by atoms with Gasteiger partial charge in [-0.3, -0.25) is 0 Å². The summed E-state index contributed by atoms with van der Waals surface area (Å²) in [6, 6.07) is 0. The molecule has 74 valence electrons. The second kappa shape index (κ2) is 3.48. The second-order valence-electron chi connectivity index (χ2n) is 4.88. The van der Waals surface area contributed by atoms with Crippen molar-refractivity contribution >= 4 is 0 Å². The van der Waals surface area contributed by atoms with E-state index in [9.17, 15) is 0 Å². The van der Waals surface area contributed by atoms with Gasteiger partial charge in [-0.1, -0.05) is 26.0 Å². The minimum absolute atomic E-state index is 0.950. The third-order valence-corrected chi connectivity index (χ3v) is 4.19. The van der Waals surface area contributed by atoms with Gasteiger partial charge in [0.25, 0.3) is 0 Å². The Morgan fingerprint density at radius 2 is 1.23 bits per heavy atom. The largest absolute Gasteiger partial charge is 0.0993 e. The van der Waals surface area contributed by atoms with Gasteiger partial charge in [0.05, 0.1) is 0 Å². The van der Waals surface area contributed by atoms with Crippen LogP contribution in [-0.4, -0.2) is 0 Å². The molecule has 4 bridgehead atoms. The lowest BCUT2D eigenvalue weighted by atomic mass is 9.54. The normalized spacial score (nSPS) is 45.8. The van der Waals surface area contributed by atoms with E-state index >= 15 is 0 Å². The maximum atomic E-state index is 4.25. The highest BCUT2D eigenvalue weighted by Gasteiger charge is 2.43. The molecular formula is C13H22. The van der Waals surface area contributed by atoms with Crippen LogP contribution in [0.1, 0.15) is 46.0 Å². The molecule has 4 rings (SSSR count). The van der Waals surface area contributed by atoms with Crippen LogP contribution >= 0.6 is 0 Å². The average Bonchev–Trinajstić information content (AvgIpc) is 2.16. The molecule has 0 N–H and O–H groups in total. The first-order chi connectivity index (χ1) is 6.33. The molecule has 0 atom stereocenters. The summed E-state index contributed by atoms with van der Waals surface area (Å²) < 4.78 is 0. The third kappa shape index (κ3) is 1.45. The Morgan fingerprint density at radius 1 is 0.846 bits per heavy atom. The number of allylic oxidation sites excluding steroid dienone is 1. The van der Waals surface area contributed by atoms with Crippen molar-refractivity contribution in [1.82, 2.24) is 0 Å². The van der Waals surface area contributed by atoms with Crippen molar-refractivity contribution in [1.29, 1.82) is 0 Å². The highest BCUT2D eigenvalue weighted by Crippen LogP contribution is 2.55. The van der Waals surface area contributed by atoms with Crippen LogP contribution in [0.5, 0.6) is 0 Å². The zero-order chi connectivity index (χ0) is 9.42. The van der Waals surface area contributed by atoms with Crippen molar-refractivity contribution in [2.45, 2.75) is 46.0 Å². The van der Waals surface area contributed by atoms with Gasteiger partial charge in [-0.2, -0.15) is 0 Å². The van der Waals surface area contributed by atoms with Crippen LogP contribution < -0.4 is 0 Å². The van der Waals surface area contributed by atoms with Gasteiger partial charge < -0.3 is 0 Å². The molecule has 0 nitrogen and oxygen atoms in total. The Morgan fingerprint density at radius 3 is 1.62 bits per heavy atom. The van der Waals surface area contributed by atoms with E-state index in [0.717, 1.165) is 23.7 Å². The van der Waals surface area contributed by atoms with Crippen molar-refractivity contribution in [2.24, 2.45) is 23.7 Å². The lowest BCUT2D eigenvalue weighted by Crippen LogP contribution is -2.39. The first-order valence-corrected chi connectivity index (χ1v) is 6.01. The zero-order valence-electron chi connectivity index (χ0n) is 9.05. The Labute approximate surface area is 82.4 Å². The Kier molecular flexibility index (Phi) is 2.49. The standard InChI is InChI=1S/C11H16.C2H6/c1-7-10-3-8-2-9(5-10)6-11(7)4-8;1-2/h8-11H,1-6H2;1-2H3. The number of rotatable bonds is 0. The van der Waals surface area contributed by atoms with E-state index in [-0.39, 0.29) is 0 Å². The quantitative estimate of drug-likeness (QED) is 0.491. The molecule has 0 spiro atoms. The molecule has 0 aromatic rings. The van der Waals surface area contributed by atoms with Crippen LogP contribution in [0.2, 0.25) is 0 Å². The van der Waals surface area contributed by atoms with Crippen LogP contribution in [0.3, 0.4) is 0 Å². The molecule has 4 aliphatic carbocycles. The summed E-state index contributed by atoms with van der Waals surface area (Å²) in [6.45, 7) is 8.25. The fourth-order valence-electron chi connectivity index (χ4n) is 3.79. The van der Waals surface area contributed by atoms with Crippen molar-refractivity contribution in [3.63, 3.8) is 0 Å². The molecule has 13 heavy (non-hydrogen) atoms. The minimum Gasteiger partial charge on any atom is -0.0993 e. The summed E-state index contributed by atoms with van der Waals surface area (Å²) in [5.74, 6) is 4.10. The van der Waals surface area contributed by atoms with E-state index in [4.69, 9.17) is 0 Å². The maximum absolute atomic E-state index is 4.25. The summed E-state index contributed by atoms with van der Waals surface area (Å²) in [5, 5.41) is 0. The molecule has 0 aromatic carbocycles. The molecule has 0 aromatic heterocycles. The van der Waals surface area contributed by atoms with E-state index < -0.39 is 0 Å². The molecule has 0 saturated heterocycles. The first kappa shape index (κ1) is 9.30. The van der Waals surface area contributed by atoms with E-state index in [1.54, 1.807) is 12.0 Å². The van der Waals surface area contributed by atoms with Crippen LogP contribution in [0, 0.1) is 23.7 Å². The fraction of sp³-hybridized carbons (Fsp3) is 0.846. The molecule has 4 aliphatic rings. The van der Waals surface area contributed by atoms with Gasteiger partial charge in [-0.15, -0.1) is 0 Å². The SMILES string of the molecule is C=C1C2CC3CC(C2)CC1C3.CC. The predicted octanol–water partition coefficient (Wildman–Crippen LogP) is 4.02. The van der Waals surface area contributed by atoms with E-state index in [2.05, 4.69) is 6.58 Å². The lowest BCUT2D eigenvalue weighted by Gasteiger charge is -2.51. The Balaban J connectivity index is 0.000000308. The molecule has 4 fully saturated rings. The van der Waals surface area contributed by atoms with Crippen molar-refractivity contribution < 1.29 is 0 Å². The molecule has 0 heterocycles. The first-order valence-electron chi connectivity index (χ1n) is 6.01. The minimum atomic E-state index is 0.950. The summed E-state index contributed by atoms with van der Waals surface area (Å²) in [7, 11) is 0. The zero-order valence-corrected chi connectivity index (χ0v) is 9.05. The number of hydrogen-bond acceptors (Lipinski definition) is 0. The van der Waals surface area contributed by atoms with Crippen molar-refractivity contribution in [2.75, 3.05) is 0 Å². The number of hydrogen-bond donors (Lipinski definition) is 0. The molecule has 0 radical (unpaired) electrons. The molecule has 4 saturated carbocycles. The second-order valence-corrected chi connectivity index (χ2v) is 4.88. The average molecular weight is 178 g/mol. The lowest BCUT2D eigenvalue weighted by molar-refractivity contribution is 0.0703. The van der Waals surface area contributed by atoms with Gasteiger partial charge in [0.1, 0.15) is 0 Å².